The van der Waals surface area contributed by atoms with Crippen molar-refractivity contribution in [2.45, 2.75) is 51.5 Å². The van der Waals surface area contributed by atoms with Gasteiger partial charge in [-0.15, -0.1) is 0 Å². The summed E-state index contributed by atoms with van der Waals surface area (Å²) >= 11 is 0. The minimum absolute atomic E-state index is 0.167. The third-order valence-electron chi connectivity index (χ3n) is 4.16. The molecule has 110 valence electrons. The maximum absolute atomic E-state index is 11.0. The van der Waals surface area contributed by atoms with Gasteiger partial charge < -0.3 is 5.11 Å². The zero-order chi connectivity index (χ0) is 14.6. The lowest BCUT2D eigenvalue weighted by Crippen LogP contribution is -2.29. The van der Waals surface area contributed by atoms with Crippen LogP contribution in [0, 0.1) is 0 Å². The van der Waals surface area contributed by atoms with Crippen molar-refractivity contribution in [2.24, 2.45) is 0 Å². The highest BCUT2D eigenvalue weighted by Crippen LogP contribution is 2.28. The van der Waals surface area contributed by atoms with Crippen molar-refractivity contribution in [2.75, 3.05) is 13.1 Å². The van der Waals surface area contributed by atoms with E-state index in [4.69, 9.17) is 5.11 Å². The second-order valence-electron chi connectivity index (χ2n) is 6.49. The Hall–Kier alpha value is -1.35. The molecule has 1 aromatic rings. The highest BCUT2D eigenvalue weighted by molar-refractivity contribution is 5.68. The molecule has 1 N–H and O–H groups in total. The zero-order valence-corrected chi connectivity index (χ0v) is 12.6. The van der Waals surface area contributed by atoms with Crippen LogP contribution in [-0.4, -0.2) is 29.1 Å². The molecule has 1 fully saturated rings. The number of carbonyl (C=O) groups is 1. The molecule has 0 aromatic heterocycles. The maximum Gasteiger partial charge on any atom is 0.304 e. The molecule has 1 aliphatic heterocycles. The fourth-order valence-corrected chi connectivity index (χ4v) is 2.95. The normalized spacial score (nSPS) is 17.1. The Balaban J connectivity index is 2.08. The van der Waals surface area contributed by atoms with Gasteiger partial charge in [-0.05, 0) is 37.1 Å². The van der Waals surface area contributed by atoms with Gasteiger partial charge in [0.05, 0.1) is 6.42 Å². The molecule has 1 aliphatic rings. The molecule has 2 rings (SSSR count). The highest BCUT2D eigenvalue weighted by Gasteiger charge is 2.24. The number of benzene rings is 1. The number of piperidine rings is 1. The molecule has 0 bridgehead atoms. The Kier molecular flexibility index (Phi) is 4.81. The Morgan fingerprint density at radius 3 is 2.60 bits per heavy atom. The largest absolute Gasteiger partial charge is 0.481 e. The summed E-state index contributed by atoms with van der Waals surface area (Å²) < 4.78 is 0. The summed E-state index contributed by atoms with van der Waals surface area (Å²) in [7, 11) is 0. The number of hydrogen-bond donors (Lipinski definition) is 1. The highest BCUT2D eigenvalue weighted by atomic mass is 16.4. The average molecular weight is 275 g/mol. The fourth-order valence-electron chi connectivity index (χ4n) is 2.95. The van der Waals surface area contributed by atoms with E-state index in [0.717, 1.165) is 12.1 Å². The molecule has 1 saturated heterocycles. The summed E-state index contributed by atoms with van der Waals surface area (Å²) in [6.07, 6.45) is 4.11. The molecule has 20 heavy (non-hydrogen) atoms. The lowest BCUT2D eigenvalue weighted by Gasteiger charge is -2.28. The van der Waals surface area contributed by atoms with Gasteiger partial charge in [0.1, 0.15) is 0 Å². The van der Waals surface area contributed by atoms with Gasteiger partial charge in [0.15, 0.2) is 0 Å². The molecular formula is C17H25NO2. The molecule has 0 spiro atoms. The number of carboxylic acids is 1. The van der Waals surface area contributed by atoms with E-state index in [-0.39, 0.29) is 11.8 Å². The van der Waals surface area contributed by atoms with Gasteiger partial charge in [-0.1, -0.05) is 44.5 Å². The van der Waals surface area contributed by atoms with Crippen molar-refractivity contribution in [3.05, 3.63) is 35.4 Å². The molecule has 3 heteroatoms. The molecule has 3 nitrogen and oxygen atoms in total. The first kappa shape index (κ1) is 15.0. The predicted octanol–water partition coefficient (Wildman–Crippen LogP) is 3.42. The standard InChI is InChI=1S/C17H25NO2/c1-17(2,12-16(19)20)15-8-6-7-14(11-15)13-18-9-4-3-5-10-18/h6-8,11H,3-5,9-10,12-13H2,1-2H3,(H,19,20). The number of carboxylic acid groups (broad SMARTS) is 1. The first-order valence-corrected chi connectivity index (χ1v) is 7.51. The second kappa shape index (κ2) is 6.40. The Bertz CT molecular complexity index is 462. The summed E-state index contributed by atoms with van der Waals surface area (Å²) in [5, 5.41) is 9.03. The third-order valence-corrected chi connectivity index (χ3v) is 4.16. The SMILES string of the molecule is CC(C)(CC(=O)O)c1cccc(CN2CCCCC2)c1. The van der Waals surface area contributed by atoms with E-state index in [2.05, 4.69) is 23.1 Å². The van der Waals surface area contributed by atoms with Crippen LogP contribution >= 0.6 is 0 Å². The smallest absolute Gasteiger partial charge is 0.304 e. The average Bonchev–Trinajstić information content (AvgIpc) is 2.39. The molecule has 0 radical (unpaired) electrons. The lowest BCUT2D eigenvalue weighted by atomic mass is 9.81. The van der Waals surface area contributed by atoms with E-state index in [0.29, 0.717) is 0 Å². The van der Waals surface area contributed by atoms with Crippen molar-refractivity contribution in [3.8, 4) is 0 Å². The summed E-state index contributed by atoms with van der Waals surface area (Å²) in [6.45, 7) is 7.35. The van der Waals surface area contributed by atoms with E-state index in [1.165, 1.54) is 37.9 Å². The van der Waals surface area contributed by atoms with Crippen LogP contribution in [0.3, 0.4) is 0 Å². The molecule has 0 amide bonds. The van der Waals surface area contributed by atoms with Crippen molar-refractivity contribution in [3.63, 3.8) is 0 Å². The number of rotatable bonds is 5. The monoisotopic (exact) mass is 275 g/mol. The van der Waals surface area contributed by atoms with E-state index < -0.39 is 5.97 Å². The summed E-state index contributed by atoms with van der Waals surface area (Å²) in [5.74, 6) is -0.739. The number of aliphatic carboxylic acids is 1. The number of likely N-dealkylation sites (tertiary alicyclic amines) is 1. The van der Waals surface area contributed by atoms with Crippen LogP contribution in [0.25, 0.3) is 0 Å². The van der Waals surface area contributed by atoms with Crippen LogP contribution in [0.5, 0.6) is 0 Å². The van der Waals surface area contributed by atoms with Gasteiger partial charge in [-0.3, -0.25) is 9.69 Å². The third kappa shape index (κ3) is 4.07. The molecule has 0 saturated carbocycles. The zero-order valence-electron chi connectivity index (χ0n) is 12.6. The van der Waals surface area contributed by atoms with Gasteiger partial charge in [0.2, 0.25) is 0 Å². The van der Waals surface area contributed by atoms with Crippen molar-refractivity contribution in [1.29, 1.82) is 0 Å². The van der Waals surface area contributed by atoms with Gasteiger partial charge in [0, 0.05) is 12.0 Å². The molecular weight excluding hydrogens is 250 g/mol. The van der Waals surface area contributed by atoms with E-state index in [9.17, 15) is 4.79 Å². The van der Waals surface area contributed by atoms with Crippen LogP contribution in [0.15, 0.2) is 24.3 Å². The van der Waals surface area contributed by atoms with E-state index >= 15 is 0 Å². The lowest BCUT2D eigenvalue weighted by molar-refractivity contribution is -0.138. The van der Waals surface area contributed by atoms with Crippen LogP contribution < -0.4 is 0 Å². The van der Waals surface area contributed by atoms with Crippen molar-refractivity contribution < 1.29 is 9.90 Å². The number of nitrogens with zero attached hydrogens (tertiary/aromatic N) is 1. The summed E-state index contributed by atoms with van der Waals surface area (Å²) in [4.78, 5) is 13.5. The van der Waals surface area contributed by atoms with Crippen LogP contribution in [-0.2, 0) is 16.8 Å². The summed E-state index contributed by atoms with van der Waals surface area (Å²) in [6, 6.07) is 8.42. The Labute approximate surface area is 121 Å². The van der Waals surface area contributed by atoms with Gasteiger partial charge in [-0.25, -0.2) is 0 Å². The predicted molar refractivity (Wildman–Crippen MR) is 80.8 cm³/mol. The first-order valence-electron chi connectivity index (χ1n) is 7.51. The molecule has 1 heterocycles. The van der Waals surface area contributed by atoms with Crippen LogP contribution in [0.4, 0.5) is 0 Å². The molecule has 1 aromatic carbocycles. The van der Waals surface area contributed by atoms with E-state index in [1.54, 1.807) is 0 Å². The van der Waals surface area contributed by atoms with Gasteiger partial charge in [0.25, 0.3) is 0 Å². The first-order chi connectivity index (χ1) is 9.47. The second-order valence-corrected chi connectivity index (χ2v) is 6.49. The Morgan fingerprint density at radius 2 is 1.95 bits per heavy atom. The van der Waals surface area contributed by atoms with Crippen molar-refractivity contribution in [1.82, 2.24) is 4.90 Å². The molecule has 0 aliphatic carbocycles. The fraction of sp³-hybridized carbons (Fsp3) is 0.588. The van der Waals surface area contributed by atoms with Gasteiger partial charge >= 0.3 is 5.97 Å². The molecule has 0 atom stereocenters. The minimum Gasteiger partial charge on any atom is -0.481 e. The van der Waals surface area contributed by atoms with Crippen LogP contribution in [0.2, 0.25) is 0 Å². The quantitative estimate of drug-likeness (QED) is 0.895. The van der Waals surface area contributed by atoms with Crippen LogP contribution in [0.1, 0.15) is 50.7 Å². The van der Waals surface area contributed by atoms with Crippen molar-refractivity contribution >= 4 is 5.97 Å². The minimum atomic E-state index is -0.739. The van der Waals surface area contributed by atoms with E-state index in [1.807, 2.05) is 19.9 Å². The topological polar surface area (TPSA) is 40.5 Å². The molecule has 0 unspecified atom stereocenters. The number of hydrogen-bond acceptors (Lipinski definition) is 2. The van der Waals surface area contributed by atoms with Gasteiger partial charge in [-0.2, -0.15) is 0 Å². The Morgan fingerprint density at radius 1 is 1.25 bits per heavy atom. The summed E-state index contributed by atoms with van der Waals surface area (Å²) in [5.41, 5.74) is 2.10. The maximum atomic E-state index is 11.0.